The molecule has 4 rings (SSSR count). The smallest absolute Gasteiger partial charge is 0.223 e. The highest BCUT2D eigenvalue weighted by molar-refractivity contribution is 5.97. The Morgan fingerprint density at radius 3 is 2.60 bits per heavy atom. The number of fused-ring (bicyclic) bond motifs is 1. The molecular formula is C24H24FN3O2. The van der Waals surface area contributed by atoms with Crippen molar-refractivity contribution < 1.29 is 14.0 Å². The molecule has 0 fully saturated rings. The van der Waals surface area contributed by atoms with Gasteiger partial charge >= 0.3 is 0 Å². The van der Waals surface area contributed by atoms with E-state index in [0.717, 1.165) is 29.9 Å². The van der Waals surface area contributed by atoms with E-state index in [0.29, 0.717) is 18.7 Å². The average Bonchev–Trinajstić information content (AvgIpc) is 3.04. The third kappa shape index (κ3) is 4.48. The molecule has 1 aromatic heterocycles. The summed E-state index contributed by atoms with van der Waals surface area (Å²) in [5.41, 5.74) is 4.59. The predicted molar refractivity (Wildman–Crippen MR) is 112 cm³/mol. The summed E-state index contributed by atoms with van der Waals surface area (Å²) >= 11 is 0. The minimum absolute atomic E-state index is 0.0442. The summed E-state index contributed by atoms with van der Waals surface area (Å²) in [5.74, 6) is -0.573. The molecular weight excluding hydrogens is 381 g/mol. The van der Waals surface area contributed by atoms with Gasteiger partial charge in [-0.1, -0.05) is 23.8 Å². The van der Waals surface area contributed by atoms with E-state index in [1.807, 2.05) is 22.9 Å². The SMILES string of the molecule is Cc1cccc(-c2cc3n(n2)CCCN(C(=O)CCC(=O)c2ccc(F)cc2)C3)c1. The fraction of sp³-hybridized carbons (Fsp3) is 0.292. The highest BCUT2D eigenvalue weighted by Gasteiger charge is 2.21. The van der Waals surface area contributed by atoms with Gasteiger partial charge in [0.15, 0.2) is 5.78 Å². The van der Waals surface area contributed by atoms with Gasteiger partial charge in [0.2, 0.25) is 5.91 Å². The van der Waals surface area contributed by atoms with E-state index in [4.69, 9.17) is 5.10 Å². The van der Waals surface area contributed by atoms with E-state index < -0.39 is 0 Å². The zero-order valence-corrected chi connectivity index (χ0v) is 17.0. The number of aryl methyl sites for hydroxylation is 2. The second-order valence-corrected chi connectivity index (χ2v) is 7.71. The van der Waals surface area contributed by atoms with Gasteiger partial charge in [-0.05, 0) is 49.7 Å². The Kier molecular flexibility index (Phi) is 5.74. The molecule has 154 valence electrons. The lowest BCUT2D eigenvalue weighted by Gasteiger charge is -2.19. The zero-order chi connectivity index (χ0) is 21.1. The molecule has 0 unspecified atom stereocenters. The minimum atomic E-state index is -0.381. The maximum atomic E-state index is 13.0. The van der Waals surface area contributed by atoms with Crippen LogP contribution in [0.25, 0.3) is 11.3 Å². The Morgan fingerprint density at radius 2 is 1.83 bits per heavy atom. The summed E-state index contributed by atoms with van der Waals surface area (Å²) in [6.07, 6.45) is 1.09. The summed E-state index contributed by atoms with van der Waals surface area (Å²) in [5, 5.41) is 4.73. The van der Waals surface area contributed by atoms with Gasteiger partial charge in [0.25, 0.3) is 0 Å². The van der Waals surface area contributed by atoms with E-state index in [1.54, 1.807) is 4.90 Å². The maximum Gasteiger partial charge on any atom is 0.223 e. The number of ketones is 1. The van der Waals surface area contributed by atoms with Crippen LogP contribution >= 0.6 is 0 Å². The van der Waals surface area contributed by atoms with Gasteiger partial charge in [0.1, 0.15) is 5.82 Å². The minimum Gasteiger partial charge on any atom is -0.337 e. The van der Waals surface area contributed by atoms with Crippen LogP contribution in [0, 0.1) is 12.7 Å². The van der Waals surface area contributed by atoms with Crippen LogP contribution in [-0.2, 0) is 17.9 Å². The van der Waals surface area contributed by atoms with Gasteiger partial charge in [-0.3, -0.25) is 14.3 Å². The largest absolute Gasteiger partial charge is 0.337 e. The maximum absolute atomic E-state index is 13.0. The van der Waals surface area contributed by atoms with E-state index in [1.165, 1.54) is 29.8 Å². The number of carbonyl (C=O) groups excluding carboxylic acids is 2. The lowest BCUT2D eigenvalue weighted by atomic mass is 10.1. The standard InChI is InChI=1S/C24H24FN3O2/c1-17-4-2-5-19(14-17)22-15-21-16-27(12-3-13-28(21)26-22)24(30)11-10-23(29)18-6-8-20(25)9-7-18/h2,4-9,14-15H,3,10-13,16H2,1H3. The molecule has 0 atom stereocenters. The van der Waals surface area contributed by atoms with Gasteiger partial charge in [-0.25, -0.2) is 4.39 Å². The lowest BCUT2D eigenvalue weighted by Crippen LogP contribution is -2.30. The number of Topliss-reactive ketones (excluding diaryl/α,β-unsaturated/α-hetero) is 1. The Balaban J connectivity index is 1.41. The lowest BCUT2D eigenvalue weighted by molar-refractivity contribution is -0.131. The molecule has 1 amide bonds. The topological polar surface area (TPSA) is 55.2 Å². The van der Waals surface area contributed by atoms with Crippen molar-refractivity contribution in [2.24, 2.45) is 0 Å². The van der Waals surface area contributed by atoms with Crippen LogP contribution < -0.4 is 0 Å². The second kappa shape index (κ2) is 8.61. The number of benzene rings is 2. The van der Waals surface area contributed by atoms with E-state index in [-0.39, 0.29) is 30.3 Å². The predicted octanol–water partition coefficient (Wildman–Crippen LogP) is 4.39. The fourth-order valence-corrected chi connectivity index (χ4v) is 3.78. The number of hydrogen-bond donors (Lipinski definition) is 0. The highest BCUT2D eigenvalue weighted by Crippen LogP contribution is 2.23. The second-order valence-electron chi connectivity index (χ2n) is 7.71. The van der Waals surface area contributed by atoms with Gasteiger partial charge in [-0.2, -0.15) is 5.10 Å². The summed E-state index contributed by atoms with van der Waals surface area (Å²) in [6, 6.07) is 15.7. The summed E-state index contributed by atoms with van der Waals surface area (Å²) in [6.45, 7) is 3.95. The van der Waals surface area contributed by atoms with E-state index >= 15 is 0 Å². The van der Waals surface area contributed by atoms with Gasteiger partial charge in [0.05, 0.1) is 17.9 Å². The Bertz CT molecular complexity index is 1070. The number of aromatic nitrogens is 2. The molecule has 2 aromatic carbocycles. The monoisotopic (exact) mass is 405 g/mol. The molecule has 0 aliphatic carbocycles. The van der Waals surface area contributed by atoms with E-state index in [9.17, 15) is 14.0 Å². The van der Waals surface area contributed by atoms with Crippen molar-refractivity contribution in [1.82, 2.24) is 14.7 Å². The molecule has 1 aliphatic rings. The molecule has 6 heteroatoms. The van der Waals surface area contributed by atoms with Gasteiger partial charge < -0.3 is 4.90 Å². The van der Waals surface area contributed by atoms with Crippen molar-refractivity contribution in [2.45, 2.75) is 39.3 Å². The van der Waals surface area contributed by atoms with E-state index in [2.05, 4.69) is 19.1 Å². The van der Waals surface area contributed by atoms with Crippen molar-refractivity contribution in [2.75, 3.05) is 6.54 Å². The van der Waals surface area contributed by atoms with Crippen LogP contribution in [0.2, 0.25) is 0 Å². The van der Waals surface area contributed by atoms with Crippen molar-refractivity contribution in [3.63, 3.8) is 0 Å². The van der Waals surface area contributed by atoms with Crippen LogP contribution in [0.5, 0.6) is 0 Å². The molecule has 0 bridgehead atoms. The van der Waals surface area contributed by atoms with Crippen LogP contribution in [0.3, 0.4) is 0 Å². The Morgan fingerprint density at radius 1 is 1.03 bits per heavy atom. The Labute approximate surface area is 175 Å². The molecule has 0 radical (unpaired) electrons. The molecule has 30 heavy (non-hydrogen) atoms. The van der Waals surface area contributed by atoms with Crippen LogP contribution in [0.15, 0.2) is 54.6 Å². The first kappa shape index (κ1) is 20.0. The van der Waals surface area contributed by atoms with Crippen molar-refractivity contribution in [3.8, 4) is 11.3 Å². The fourth-order valence-electron chi connectivity index (χ4n) is 3.78. The number of amides is 1. The number of rotatable bonds is 5. The van der Waals surface area contributed by atoms with Crippen LogP contribution in [0.4, 0.5) is 4.39 Å². The highest BCUT2D eigenvalue weighted by atomic mass is 19.1. The van der Waals surface area contributed by atoms with Crippen LogP contribution in [0.1, 0.15) is 40.9 Å². The average molecular weight is 405 g/mol. The summed E-state index contributed by atoms with van der Waals surface area (Å²) in [4.78, 5) is 26.8. The summed E-state index contributed by atoms with van der Waals surface area (Å²) < 4.78 is 15.0. The molecule has 5 nitrogen and oxygen atoms in total. The van der Waals surface area contributed by atoms with Crippen molar-refractivity contribution >= 4 is 11.7 Å². The molecule has 0 saturated carbocycles. The molecule has 3 aromatic rings. The number of nitrogens with zero attached hydrogens (tertiary/aromatic N) is 3. The first-order chi connectivity index (χ1) is 14.5. The molecule has 0 saturated heterocycles. The van der Waals surface area contributed by atoms with Crippen molar-refractivity contribution in [3.05, 3.63) is 77.2 Å². The molecule has 0 spiro atoms. The summed E-state index contributed by atoms with van der Waals surface area (Å²) in [7, 11) is 0. The Hall–Kier alpha value is -3.28. The number of carbonyl (C=O) groups is 2. The van der Waals surface area contributed by atoms with Crippen LogP contribution in [-0.4, -0.2) is 32.9 Å². The molecule has 2 heterocycles. The third-order valence-electron chi connectivity index (χ3n) is 5.41. The van der Waals surface area contributed by atoms with Gasteiger partial charge in [0, 0.05) is 37.1 Å². The third-order valence-corrected chi connectivity index (χ3v) is 5.41. The first-order valence-electron chi connectivity index (χ1n) is 10.2. The normalized spacial score (nSPS) is 13.6. The number of hydrogen-bond acceptors (Lipinski definition) is 3. The first-order valence-corrected chi connectivity index (χ1v) is 10.2. The quantitative estimate of drug-likeness (QED) is 0.592. The zero-order valence-electron chi connectivity index (χ0n) is 17.0. The number of halogens is 1. The molecule has 0 N–H and O–H groups in total. The van der Waals surface area contributed by atoms with Gasteiger partial charge in [-0.15, -0.1) is 0 Å². The molecule has 1 aliphatic heterocycles. The van der Waals surface area contributed by atoms with Crippen molar-refractivity contribution in [1.29, 1.82) is 0 Å².